The molecule has 1 saturated carbocycles. The van der Waals surface area contributed by atoms with Crippen LogP contribution in [0.3, 0.4) is 0 Å². The number of hydrogen-bond acceptors (Lipinski definition) is 6. The van der Waals surface area contributed by atoms with Gasteiger partial charge in [-0.15, -0.1) is 0 Å². The van der Waals surface area contributed by atoms with Gasteiger partial charge in [0.1, 0.15) is 0 Å². The molecule has 0 spiro atoms. The lowest BCUT2D eigenvalue weighted by Gasteiger charge is -2.35. The van der Waals surface area contributed by atoms with Gasteiger partial charge < -0.3 is 20.0 Å². The van der Waals surface area contributed by atoms with Crippen LogP contribution in [-0.2, 0) is 0 Å². The molecule has 8 heteroatoms. The molecule has 1 saturated heterocycles. The molecule has 0 amide bonds. The summed E-state index contributed by atoms with van der Waals surface area (Å²) >= 11 is 0. The second-order valence-corrected chi connectivity index (χ2v) is 10.0. The zero-order chi connectivity index (χ0) is 24.4. The Morgan fingerprint density at radius 1 is 1.11 bits per heavy atom. The molecule has 0 radical (unpaired) electrons. The molecule has 3 heterocycles. The third kappa shape index (κ3) is 4.90. The zero-order valence-corrected chi connectivity index (χ0v) is 20.4. The van der Waals surface area contributed by atoms with Crippen LogP contribution in [0, 0.1) is 5.92 Å². The van der Waals surface area contributed by atoms with E-state index in [1.807, 2.05) is 35.0 Å². The fraction of sp³-hybridized carbons (Fsp3) is 0.519. The minimum absolute atomic E-state index is 0.0671. The molecule has 2 aromatic heterocycles. The highest BCUT2D eigenvalue weighted by molar-refractivity contribution is 5.98. The molecule has 186 valence electrons. The van der Waals surface area contributed by atoms with Crippen molar-refractivity contribution in [2.24, 2.45) is 5.92 Å². The zero-order valence-electron chi connectivity index (χ0n) is 20.4. The number of nitrogens with zero attached hydrogens (tertiary/aromatic N) is 5. The van der Waals surface area contributed by atoms with Crippen molar-refractivity contribution in [1.82, 2.24) is 19.7 Å². The summed E-state index contributed by atoms with van der Waals surface area (Å²) in [5, 5.41) is 25.1. The first-order valence-electron chi connectivity index (χ1n) is 12.8. The number of carboxylic acid groups (broad SMARTS) is 1. The van der Waals surface area contributed by atoms with Gasteiger partial charge in [-0.2, -0.15) is 5.10 Å². The summed E-state index contributed by atoms with van der Waals surface area (Å²) in [4.78, 5) is 21.2. The smallest absolute Gasteiger partial charge is 0.354 e. The van der Waals surface area contributed by atoms with Gasteiger partial charge >= 0.3 is 5.97 Å². The Labute approximate surface area is 206 Å². The Bertz CT molecular complexity index is 1170. The summed E-state index contributed by atoms with van der Waals surface area (Å²) in [6, 6.07) is 11.7. The lowest BCUT2D eigenvalue weighted by molar-refractivity contribution is 0.0691. The average Bonchev–Trinajstić information content (AvgIpc) is 3.21. The number of carbonyl (C=O) groups is 1. The van der Waals surface area contributed by atoms with Crippen LogP contribution in [-0.4, -0.2) is 75.7 Å². The normalized spacial score (nSPS) is 17.3. The first kappa shape index (κ1) is 23.8. The molecule has 3 aromatic rings. The number of fused-ring (bicyclic) bond motifs is 1. The maximum Gasteiger partial charge on any atom is 0.354 e. The number of anilines is 1. The van der Waals surface area contributed by atoms with E-state index in [4.69, 9.17) is 10.2 Å². The van der Waals surface area contributed by atoms with Gasteiger partial charge in [-0.25, -0.2) is 14.5 Å². The van der Waals surface area contributed by atoms with Crippen molar-refractivity contribution in [3.63, 3.8) is 0 Å². The number of carboxylic acids is 1. The highest BCUT2D eigenvalue weighted by Crippen LogP contribution is 2.43. The summed E-state index contributed by atoms with van der Waals surface area (Å²) in [6.45, 7) is 3.68. The first-order valence-corrected chi connectivity index (χ1v) is 12.8. The number of hydrogen-bond donors (Lipinski definition) is 2. The van der Waals surface area contributed by atoms with E-state index >= 15 is 0 Å². The molecule has 1 aliphatic heterocycles. The van der Waals surface area contributed by atoms with E-state index in [2.05, 4.69) is 21.8 Å². The molecule has 0 bridgehead atoms. The number of likely N-dealkylation sites (N-methyl/N-ethyl adjacent to an activating group) is 1. The number of piperidine rings is 1. The van der Waals surface area contributed by atoms with Gasteiger partial charge in [-0.1, -0.05) is 24.6 Å². The summed E-state index contributed by atoms with van der Waals surface area (Å²) in [6.07, 6.45) is 6.71. The minimum atomic E-state index is -1.01. The van der Waals surface area contributed by atoms with Gasteiger partial charge in [0.25, 0.3) is 0 Å². The fourth-order valence-electron chi connectivity index (χ4n) is 5.35. The van der Waals surface area contributed by atoms with Crippen molar-refractivity contribution in [3.05, 3.63) is 47.8 Å². The number of aromatic nitrogens is 3. The van der Waals surface area contributed by atoms with E-state index < -0.39 is 5.97 Å². The predicted molar refractivity (Wildman–Crippen MR) is 137 cm³/mol. The van der Waals surface area contributed by atoms with E-state index in [1.54, 1.807) is 6.07 Å². The van der Waals surface area contributed by atoms with Crippen LogP contribution in [0.4, 0.5) is 5.69 Å². The van der Waals surface area contributed by atoms with Crippen molar-refractivity contribution in [2.45, 2.75) is 44.4 Å². The predicted octanol–water partition coefficient (Wildman–Crippen LogP) is 3.92. The fourth-order valence-corrected chi connectivity index (χ4v) is 5.35. The van der Waals surface area contributed by atoms with Gasteiger partial charge in [-0.3, -0.25) is 0 Å². The number of rotatable bonds is 9. The van der Waals surface area contributed by atoms with E-state index in [-0.39, 0.29) is 12.3 Å². The van der Waals surface area contributed by atoms with Crippen LogP contribution in [0.25, 0.3) is 16.7 Å². The molecule has 0 unspecified atom stereocenters. The Morgan fingerprint density at radius 2 is 1.86 bits per heavy atom. The molecule has 2 aliphatic rings. The summed E-state index contributed by atoms with van der Waals surface area (Å²) < 4.78 is 1.84. The lowest BCUT2D eigenvalue weighted by atomic mass is 9.81. The lowest BCUT2D eigenvalue weighted by Crippen LogP contribution is -2.35. The molecular formula is C27H35N5O3. The van der Waals surface area contributed by atoms with Gasteiger partial charge in [0.2, 0.25) is 0 Å². The van der Waals surface area contributed by atoms with E-state index in [9.17, 15) is 9.90 Å². The Balaban J connectivity index is 1.49. The van der Waals surface area contributed by atoms with Gasteiger partial charge in [0.15, 0.2) is 11.3 Å². The third-order valence-corrected chi connectivity index (χ3v) is 7.71. The van der Waals surface area contributed by atoms with Crippen LogP contribution in [0.2, 0.25) is 0 Å². The van der Waals surface area contributed by atoms with Gasteiger partial charge in [0.05, 0.1) is 29.1 Å². The van der Waals surface area contributed by atoms with Crippen LogP contribution >= 0.6 is 0 Å². The monoisotopic (exact) mass is 477 g/mol. The van der Waals surface area contributed by atoms with E-state index in [0.717, 1.165) is 74.2 Å². The molecule has 2 N–H and O–H groups in total. The van der Waals surface area contributed by atoms with Crippen LogP contribution in [0.5, 0.6) is 0 Å². The maximum atomic E-state index is 12.1. The minimum Gasteiger partial charge on any atom is -0.477 e. The van der Waals surface area contributed by atoms with E-state index in [0.29, 0.717) is 24.0 Å². The largest absolute Gasteiger partial charge is 0.477 e. The molecule has 35 heavy (non-hydrogen) atoms. The topological polar surface area (TPSA) is 94.7 Å². The first-order chi connectivity index (χ1) is 17.0. The van der Waals surface area contributed by atoms with Crippen molar-refractivity contribution >= 4 is 22.7 Å². The Hall–Kier alpha value is -2.97. The molecule has 2 fully saturated rings. The highest BCUT2D eigenvalue weighted by Gasteiger charge is 2.31. The number of aliphatic hydroxyl groups excluding tert-OH is 1. The number of aromatic carboxylic acids is 1. The summed E-state index contributed by atoms with van der Waals surface area (Å²) in [5.41, 5.74) is 3.63. The Kier molecular flexibility index (Phi) is 7.02. The van der Waals surface area contributed by atoms with Crippen molar-refractivity contribution < 1.29 is 15.0 Å². The molecule has 1 aromatic carbocycles. The quantitative estimate of drug-likeness (QED) is 0.482. The molecule has 0 atom stereocenters. The van der Waals surface area contributed by atoms with Crippen molar-refractivity contribution in [3.8, 4) is 5.69 Å². The second kappa shape index (κ2) is 10.3. The van der Waals surface area contributed by atoms with Crippen LogP contribution in [0.15, 0.2) is 36.4 Å². The SMILES string of the molecule is CN(CCO)CCC1CCN(c2cc(C(=O)O)nc3c2c(C2CCC2)nn3-c2ccccc2)CC1. The molecular weight excluding hydrogens is 442 g/mol. The number of benzene rings is 1. The van der Waals surface area contributed by atoms with Crippen molar-refractivity contribution in [1.29, 1.82) is 0 Å². The third-order valence-electron chi connectivity index (χ3n) is 7.71. The highest BCUT2D eigenvalue weighted by atomic mass is 16.4. The van der Waals surface area contributed by atoms with Crippen LogP contribution in [0.1, 0.15) is 60.6 Å². The summed E-state index contributed by atoms with van der Waals surface area (Å²) in [7, 11) is 2.05. The van der Waals surface area contributed by atoms with Gasteiger partial charge in [-0.05, 0) is 69.8 Å². The average molecular weight is 478 g/mol. The molecule has 8 nitrogen and oxygen atoms in total. The Morgan fingerprint density at radius 3 is 2.49 bits per heavy atom. The summed E-state index contributed by atoms with van der Waals surface area (Å²) in [5.74, 6) is 0.0288. The molecule has 5 rings (SSSR count). The maximum absolute atomic E-state index is 12.1. The van der Waals surface area contributed by atoms with Gasteiger partial charge in [0, 0.05) is 25.6 Å². The second-order valence-electron chi connectivity index (χ2n) is 10.0. The van der Waals surface area contributed by atoms with E-state index in [1.165, 1.54) is 6.42 Å². The van der Waals surface area contributed by atoms with Crippen LogP contribution < -0.4 is 4.90 Å². The number of aliphatic hydroxyl groups is 1. The number of pyridine rings is 1. The number of para-hydroxylation sites is 1. The standard InChI is InChI=1S/C27H35N5O3/c1-30(16-17-33)13-10-19-11-14-31(15-12-19)23-18-22(27(34)35)28-26-24(23)25(20-6-5-7-20)29-32(26)21-8-3-2-4-9-21/h2-4,8-9,18-20,33H,5-7,10-17H2,1H3,(H,34,35). The van der Waals surface area contributed by atoms with Crippen molar-refractivity contribution in [2.75, 3.05) is 44.7 Å². The molecule has 1 aliphatic carbocycles.